The Labute approximate surface area is 197 Å². The minimum absolute atomic E-state index is 0.0503. The van der Waals surface area contributed by atoms with E-state index in [1.54, 1.807) is 60.9 Å². The molecule has 1 aromatic heterocycles. The fourth-order valence-electron chi connectivity index (χ4n) is 4.02. The standard InChI is InChI=1S/C24H16ClFN4O2S/c1-33-24-27-21(31)20-15-10-5-6-13-18(15)29(23(32)14-8-3-2-4-9-14)22(30(20)28-24)19-16(25)11-7-12-17(19)26/h2-13,22H,1H3/p+1/t22-/m1/s1. The molecule has 1 amide bonds. The summed E-state index contributed by atoms with van der Waals surface area (Å²) in [4.78, 5) is 31.2. The van der Waals surface area contributed by atoms with Crippen LogP contribution < -0.4 is 15.1 Å². The fraction of sp³-hybridized carbons (Fsp3) is 0.0833. The number of H-pyrrole nitrogens is 1. The monoisotopic (exact) mass is 479 g/mol. The van der Waals surface area contributed by atoms with E-state index in [2.05, 4.69) is 10.1 Å². The molecule has 0 saturated carbocycles. The number of carbonyl (C=O) groups excluding carboxylic acids is 1. The summed E-state index contributed by atoms with van der Waals surface area (Å²) in [6.07, 6.45) is 0.643. The van der Waals surface area contributed by atoms with E-state index in [9.17, 15) is 9.59 Å². The van der Waals surface area contributed by atoms with Gasteiger partial charge in [0.2, 0.25) is 5.16 Å². The maximum Gasteiger partial charge on any atom is 0.325 e. The molecular weight excluding hydrogens is 463 g/mol. The summed E-state index contributed by atoms with van der Waals surface area (Å²) in [5, 5.41) is 5.01. The minimum Gasteiger partial charge on any atom is -0.291 e. The molecule has 164 valence electrons. The van der Waals surface area contributed by atoms with Crippen molar-refractivity contribution in [2.24, 2.45) is 0 Å². The SMILES string of the molecule is CSc1n[n+]2c(c(=O)[nH]1)-c1ccccc1N(C(=O)c1ccccc1)[C@H]2c1c(F)cccc1Cl. The normalized spacial score (nSPS) is 14.5. The molecule has 9 heteroatoms. The number of benzene rings is 3. The zero-order valence-electron chi connectivity index (χ0n) is 17.3. The van der Waals surface area contributed by atoms with Crippen molar-refractivity contribution in [1.29, 1.82) is 0 Å². The quantitative estimate of drug-likeness (QED) is 0.348. The number of hydrogen-bond acceptors (Lipinski definition) is 4. The van der Waals surface area contributed by atoms with Crippen LogP contribution in [0.2, 0.25) is 5.02 Å². The first-order chi connectivity index (χ1) is 16.0. The van der Waals surface area contributed by atoms with E-state index in [0.717, 1.165) is 0 Å². The van der Waals surface area contributed by atoms with Crippen LogP contribution >= 0.6 is 23.4 Å². The van der Waals surface area contributed by atoms with Crippen molar-refractivity contribution in [1.82, 2.24) is 10.1 Å². The number of hydrogen-bond donors (Lipinski definition) is 1. The molecule has 6 nitrogen and oxygen atoms in total. The Balaban J connectivity index is 1.89. The summed E-state index contributed by atoms with van der Waals surface area (Å²) in [6, 6.07) is 20.0. The van der Waals surface area contributed by atoms with Gasteiger partial charge in [-0.1, -0.05) is 59.8 Å². The fourth-order valence-corrected chi connectivity index (χ4v) is 4.65. The summed E-state index contributed by atoms with van der Waals surface area (Å²) in [6.45, 7) is 0. The lowest BCUT2D eigenvalue weighted by Gasteiger charge is -2.32. The Morgan fingerprint density at radius 1 is 1.09 bits per heavy atom. The predicted molar refractivity (Wildman–Crippen MR) is 125 cm³/mol. The number of rotatable bonds is 3. The van der Waals surface area contributed by atoms with Gasteiger partial charge in [-0.2, -0.15) is 0 Å². The Kier molecular flexibility index (Phi) is 5.47. The highest BCUT2D eigenvalue weighted by Crippen LogP contribution is 2.40. The maximum absolute atomic E-state index is 15.3. The second-order valence-corrected chi connectivity index (χ2v) is 8.53. The van der Waals surface area contributed by atoms with E-state index < -0.39 is 17.5 Å². The van der Waals surface area contributed by atoms with Crippen LogP contribution in [0.5, 0.6) is 0 Å². The molecule has 0 radical (unpaired) electrons. The van der Waals surface area contributed by atoms with E-state index in [0.29, 0.717) is 22.0 Å². The lowest BCUT2D eigenvalue weighted by atomic mass is 10.00. The summed E-state index contributed by atoms with van der Waals surface area (Å²) in [5.74, 6) is -0.984. The highest BCUT2D eigenvalue weighted by Gasteiger charge is 2.47. The number of nitrogens with one attached hydrogen (secondary N) is 1. The Morgan fingerprint density at radius 3 is 2.55 bits per heavy atom. The number of nitrogens with zero attached hydrogens (tertiary/aromatic N) is 3. The Bertz CT molecular complexity index is 1420. The van der Waals surface area contributed by atoms with Crippen molar-refractivity contribution in [2.75, 3.05) is 11.2 Å². The molecule has 0 spiro atoms. The van der Waals surface area contributed by atoms with Gasteiger partial charge < -0.3 is 0 Å². The number of aromatic nitrogens is 3. The molecule has 0 aliphatic carbocycles. The van der Waals surface area contributed by atoms with Crippen molar-refractivity contribution in [3.05, 3.63) is 105 Å². The van der Waals surface area contributed by atoms with Crippen molar-refractivity contribution in [3.8, 4) is 11.3 Å². The third kappa shape index (κ3) is 3.51. The summed E-state index contributed by atoms with van der Waals surface area (Å²) in [7, 11) is 0. The number of para-hydroxylation sites is 1. The molecule has 0 unspecified atom stereocenters. The van der Waals surface area contributed by atoms with Crippen molar-refractivity contribution in [3.63, 3.8) is 0 Å². The third-order valence-electron chi connectivity index (χ3n) is 5.45. The molecule has 1 atom stereocenters. The second-order valence-electron chi connectivity index (χ2n) is 7.32. The molecule has 33 heavy (non-hydrogen) atoms. The van der Waals surface area contributed by atoms with Gasteiger partial charge in [0.15, 0.2) is 0 Å². The first-order valence-electron chi connectivity index (χ1n) is 10.0. The number of amides is 1. The number of halogens is 2. The van der Waals surface area contributed by atoms with Crippen LogP contribution in [0, 0.1) is 5.82 Å². The summed E-state index contributed by atoms with van der Waals surface area (Å²) < 4.78 is 16.7. The molecule has 1 aliphatic rings. The van der Waals surface area contributed by atoms with Gasteiger partial charge in [-0.15, -0.1) is 0 Å². The lowest BCUT2D eigenvalue weighted by Crippen LogP contribution is -2.61. The number of aromatic amines is 1. The number of thioether (sulfide) groups is 1. The smallest absolute Gasteiger partial charge is 0.291 e. The summed E-state index contributed by atoms with van der Waals surface area (Å²) >= 11 is 7.71. The van der Waals surface area contributed by atoms with Gasteiger partial charge >= 0.3 is 11.3 Å². The van der Waals surface area contributed by atoms with Gasteiger partial charge in [0.25, 0.3) is 12.1 Å². The average Bonchev–Trinajstić information content (AvgIpc) is 2.83. The number of fused-ring (bicyclic) bond motifs is 3. The van der Waals surface area contributed by atoms with Gasteiger partial charge in [0.05, 0.1) is 21.8 Å². The molecule has 0 saturated heterocycles. The van der Waals surface area contributed by atoms with Gasteiger partial charge in [-0.3, -0.25) is 14.6 Å². The highest BCUT2D eigenvalue weighted by molar-refractivity contribution is 7.98. The van der Waals surface area contributed by atoms with E-state index in [1.165, 1.54) is 33.5 Å². The summed E-state index contributed by atoms with van der Waals surface area (Å²) in [5.41, 5.74) is 1.24. The highest BCUT2D eigenvalue weighted by atomic mass is 35.5. The zero-order chi connectivity index (χ0) is 23.1. The van der Waals surface area contributed by atoms with Gasteiger partial charge in [-0.05, 0) is 47.3 Å². The van der Waals surface area contributed by atoms with Crippen LogP contribution in [0.3, 0.4) is 0 Å². The van der Waals surface area contributed by atoms with Crippen LogP contribution in [0.1, 0.15) is 22.1 Å². The second kappa shape index (κ2) is 8.46. The number of carbonyl (C=O) groups is 1. The molecule has 2 heterocycles. The first-order valence-corrected chi connectivity index (χ1v) is 11.6. The predicted octanol–water partition coefficient (Wildman–Crippen LogP) is 4.45. The Morgan fingerprint density at radius 2 is 1.82 bits per heavy atom. The topological polar surface area (TPSA) is 69.9 Å². The molecule has 1 N–H and O–H groups in total. The number of anilines is 1. The minimum atomic E-state index is -1.12. The molecular formula is C24H17ClFN4O2S+. The van der Waals surface area contributed by atoms with E-state index in [4.69, 9.17) is 11.6 Å². The lowest BCUT2D eigenvalue weighted by molar-refractivity contribution is -0.763. The molecule has 4 aromatic rings. The van der Waals surface area contributed by atoms with Crippen LogP contribution in [-0.2, 0) is 0 Å². The van der Waals surface area contributed by atoms with Crippen LogP contribution in [-0.4, -0.2) is 22.2 Å². The van der Waals surface area contributed by atoms with Gasteiger partial charge in [0, 0.05) is 10.7 Å². The maximum atomic E-state index is 15.3. The van der Waals surface area contributed by atoms with Gasteiger partial charge in [0.1, 0.15) is 5.82 Å². The molecule has 5 rings (SSSR count). The van der Waals surface area contributed by atoms with E-state index in [1.807, 2.05) is 6.07 Å². The van der Waals surface area contributed by atoms with E-state index in [-0.39, 0.29) is 22.2 Å². The van der Waals surface area contributed by atoms with E-state index >= 15 is 4.39 Å². The third-order valence-corrected chi connectivity index (χ3v) is 6.35. The largest absolute Gasteiger partial charge is 0.325 e. The molecule has 0 fully saturated rings. The van der Waals surface area contributed by atoms with Crippen LogP contribution in [0.15, 0.2) is 82.7 Å². The van der Waals surface area contributed by atoms with Crippen molar-refractivity contribution in [2.45, 2.75) is 11.3 Å². The Hall–Kier alpha value is -3.49. The van der Waals surface area contributed by atoms with Crippen molar-refractivity contribution >= 4 is 35.0 Å². The molecule has 3 aromatic carbocycles. The van der Waals surface area contributed by atoms with Crippen LogP contribution in [0.25, 0.3) is 11.3 Å². The first kappa shape index (κ1) is 21.4. The average molecular weight is 480 g/mol. The van der Waals surface area contributed by atoms with Crippen LogP contribution in [0.4, 0.5) is 10.1 Å². The van der Waals surface area contributed by atoms with Gasteiger partial charge in [-0.25, -0.2) is 9.29 Å². The molecule has 1 aliphatic heterocycles. The van der Waals surface area contributed by atoms with Crippen molar-refractivity contribution < 1.29 is 13.9 Å². The molecule has 0 bridgehead atoms. The zero-order valence-corrected chi connectivity index (χ0v) is 18.9.